The molecule has 4 nitrogen and oxygen atoms in total. The summed E-state index contributed by atoms with van der Waals surface area (Å²) in [5.74, 6) is 1.20. The number of nitrogens with one attached hydrogen (secondary N) is 1. The molecular weight excluding hydrogens is 272 g/mol. The van der Waals surface area contributed by atoms with E-state index in [0.717, 1.165) is 18.8 Å². The molecule has 0 atom stereocenters. The standard InChI is InChI=1S/C15H24N2O2S/c18-14-13(10-16-7-9-20)6-8-17(15(14)19)11-12-4-2-1-3-5-12/h6,8,12,16,18,20H,1-5,7,9-11H2. The molecule has 0 amide bonds. The summed E-state index contributed by atoms with van der Waals surface area (Å²) in [5.41, 5.74) is 0.400. The van der Waals surface area contributed by atoms with E-state index in [1.807, 2.05) is 12.3 Å². The van der Waals surface area contributed by atoms with Gasteiger partial charge in [0.05, 0.1) is 0 Å². The van der Waals surface area contributed by atoms with Gasteiger partial charge in [-0.1, -0.05) is 19.3 Å². The highest BCUT2D eigenvalue weighted by atomic mass is 32.1. The molecule has 5 heteroatoms. The first-order chi connectivity index (χ1) is 9.72. The van der Waals surface area contributed by atoms with Gasteiger partial charge in [-0.3, -0.25) is 4.79 Å². The molecule has 0 spiro atoms. The fraction of sp³-hybridized carbons (Fsp3) is 0.667. The van der Waals surface area contributed by atoms with Gasteiger partial charge in [-0.15, -0.1) is 0 Å². The summed E-state index contributed by atoms with van der Waals surface area (Å²) in [4.78, 5) is 12.2. The number of rotatable bonds is 6. The van der Waals surface area contributed by atoms with Gasteiger partial charge in [-0.2, -0.15) is 12.6 Å². The molecule has 0 aromatic carbocycles. The van der Waals surface area contributed by atoms with Crippen LogP contribution in [0.15, 0.2) is 17.1 Å². The van der Waals surface area contributed by atoms with Gasteiger partial charge >= 0.3 is 0 Å². The second-order valence-corrected chi connectivity index (χ2v) is 6.00. The Labute approximate surface area is 125 Å². The highest BCUT2D eigenvalue weighted by molar-refractivity contribution is 7.80. The van der Waals surface area contributed by atoms with Crippen LogP contribution in [-0.2, 0) is 13.1 Å². The summed E-state index contributed by atoms with van der Waals surface area (Å²) in [6.45, 7) is 2.00. The predicted molar refractivity (Wildman–Crippen MR) is 84.5 cm³/mol. The summed E-state index contributed by atoms with van der Waals surface area (Å²) >= 11 is 4.11. The quantitative estimate of drug-likeness (QED) is 0.557. The average molecular weight is 296 g/mol. The van der Waals surface area contributed by atoms with Crippen molar-refractivity contribution >= 4 is 12.6 Å². The first kappa shape index (κ1) is 15.4. The van der Waals surface area contributed by atoms with Crippen molar-refractivity contribution in [3.8, 4) is 5.75 Å². The zero-order valence-corrected chi connectivity index (χ0v) is 12.7. The van der Waals surface area contributed by atoms with Crippen molar-refractivity contribution in [3.05, 3.63) is 28.2 Å². The maximum Gasteiger partial charge on any atom is 0.292 e. The molecule has 1 aromatic heterocycles. The molecule has 2 N–H and O–H groups in total. The van der Waals surface area contributed by atoms with E-state index in [2.05, 4.69) is 17.9 Å². The molecule has 0 saturated heterocycles. The highest BCUT2D eigenvalue weighted by Crippen LogP contribution is 2.24. The number of nitrogens with zero attached hydrogens (tertiary/aromatic N) is 1. The SMILES string of the molecule is O=c1c(O)c(CNCCS)ccn1CC1CCCCC1. The highest BCUT2D eigenvalue weighted by Gasteiger charge is 2.16. The van der Waals surface area contributed by atoms with Crippen molar-refractivity contribution in [3.63, 3.8) is 0 Å². The molecule has 0 radical (unpaired) electrons. The van der Waals surface area contributed by atoms with Crippen molar-refractivity contribution in [2.24, 2.45) is 5.92 Å². The zero-order valence-electron chi connectivity index (χ0n) is 11.8. The van der Waals surface area contributed by atoms with Crippen LogP contribution in [0.1, 0.15) is 37.7 Å². The largest absolute Gasteiger partial charge is 0.503 e. The summed E-state index contributed by atoms with van der Waals surface area (Å²) in [6.07, 6.45) is 8.03. The first-order valence-corrected chi connectivity index (χ1v) is 8.08. The third-order valence-corrected chi connectivity index (χ3v) is 4.23. The summed E-state index contributed by atoms with van der Waals surface area (Å²) < 4.78 is 1.66. The van der Waals surface area contributed by atoms with Crippen LogP contribution in [0.2, 0.25) is 0 Å². The van der Waals surface area contributed by atoms with Gasteiger partial charge in [0.15, 0.2) is 5.75 Å². The number of thiol groups is 1. The Hall–Kier alpha value is -0.940. The number of hydrogen-bond donors (Lipinski definition) is 3. The molecule has 1 aliphatic carbocycles. The smallest absolute Gasteiger partial charge is 0.292 e. The van der Waals surface area contributed by atoms with Crippen LogP contribution in [-0.4, -0.2) is 22.0 Å². The second kappa shape index (κ2) is 7.74. The van der Waals surface area contributed by atoms with Crippen molar-refractivity contribution in [1.29, 1.82) is 0 Å². The normalized spacial score (nSPS) is 16.4. The molecule has 2 rings (SSSR count). The lowest BCUT2D eigenvalue weighted by atomic mass is 9.89. The Kier molecular flexibility index (Phi) is 5.98. The van der Waals surface area contributed by atoms with Gasteiger partial charge in [0.2, 0.25) is 0 Å². The Morgan fingerprint density at radius 3 is 2.80 bits per heavy atom. The predicted octanol–water partition coefficient (Wildman–Crippen LogP) is 2.15. The molecule has 1 aliphatic rings. The molecule has 0 unspecified atom stereocenters. The van der Waals surface area contributed by atoms with Crippen LogP contribution in [0.25, 0.3) is 0 Å². The molecule has 0 bridgehead atoms. The van der Waals surface area contributed by atoms with E-state index in [0.29, 0.717) is 18.0 Å². The van der Waals surface area contributed by atoms with Gasteiger partial charge in [-0.05, 0) is 24.8 Å². The van der Waals surface area contributed by atoms with Crippen LogP contribution in [0.5, 0.6) is 5.75 Å². The third kappa shape index (κ3) is 4.03. The van der Waals surface area contributed by atoms with E-state index < -0.39 is 0 Å². The summed E-state index contributed by atoms with van der Waals surface area (Å²) in [5, 5.41) is 13.2. The van der Waals surface area contributed by atoms with Gasteiger partial charge in [0, 0.05) is 37.1 Å². The van der Waals surface area contributed by atoms with Gasteiger partial charge in [0.1, 0.15) is 0 Å². The fourth-order valence-corrected chi connectivity index (χ4v) is 2.99. The summed E-state index contributed by atoms with van der Waals surface area (Å²) in [6, 6.07) is 1.84. The van der Waals surface area contributed by atoms with E-state index in [1.165, 1.54) is 32.1 Å². The van der Waals surface area contributed by atoms with Gasteiger partial charge in [-0.25, -0.2) is 0 Å². The minimum atomic E-state index is -0.263. The lowest BCUT2D eigenvalue weighted by molar-refractivity contribution is 0.313. The molecular formula is C15H24N2O2S. The van der Waals surface area contributed by atoms with Crippen LogP contribution in [0.4, 0.5) is 0 Å². The molecule has 1 fully saturated rings. The lowest BCUT2D eigenvalue weighted by Gasteiger charge is -2.22. The van der Waals surface area contributed by atoms with E-state index in [9.17, 15) is 9.90 Å². The van der Waals surface area contributed by atoms with Crippen LogP contribution in [0, 0.1) is 5.92 Å². The van der Waals surface area contributed by atoms with E-state index in [-0.39, 0.29) is 11.3 Å². The number of aromatic hydroxyl groups is 1. The van der Waals surface area contributed by atoms with E-state index in [4.69, 9.17) is 0 Å². The fourth-order valence-electron chi connectivity index (χ4n) is 2.84. The Balaban J connectivity index is 2.03. The zero-order chi connectivity index (χ0) is 14.4. The maximum absolute atomic E-state index is 12.2. The van der Waals surface area contributed by atoms with Crippen LogP contribution in [0.3, 0.4) is 0 Å². The molecule has 1 saturated carbocycles. The Morgan fingerprint density at radius 2 is 2.10 bits per heavy atom. The number of hydrogen-bond acceptors (Lipinski definition) is 4. The molecule has 1 aromatic rings. The molecule has 20 heavy (non-hydrogen) atoms. The Morgan fingerprint density at radius 1 is 1.35 bits per heavy atom. The number of pyridine rings is 1. The van der Waals surface area contributed by atoms with Gasteiger partial charge < -0.3 is 15.0 Å². The maximum atomic E-state index is 12.2. The monoisotopic (exact) mass is 296 g/mol. The topological polar surface area (TPSA) is 54.3 Å². The molecule has 112 valence electrons. The second-order valence-electron chi connectivity index (χ2n) is 5.55. The Bertz CT molecular complexity index is 481. The molecule has 1 heterocycles. The molecule has 0 aliphatic heterocycles. The average Bonchev–Trinajstić information content (AvgIpc) is 2.48. The summed E-state index contributed by atoms with van der Waals surface area (Å²) in [7, 11) is 0. The van der Waals surface area contributed by atoms with Crippen molar-refractivity contribution in [2.75, 3.05) is 12.3 Å². The van der Waals surface area contributed by atoms with Crippen LogP contribution >= 0.6 is 12.6 Å². The minimum absolute atomic E-state index is 0.116. The van der Waals surface area contributed by atoms with Gasteiger partial charge in [0.25, 0.3) is 5.56 Å². The number of aromatic nitrogens is 1. The third-order valence-electron chi connectivity index (χ3n) is 4.01. The lowest BCUT2D eigenvalue weighted by Crippen LogP contribution is -2.26. The van der Waals surface area contributed by atoms with Crippen molar-refractivity contribution < 1.29 is 5.11 Å². The van der Waals surface area contributed by atoms with E-state index in [1.54, 1.807) is 4.57 Å². The first-order valence-electron chi connectivity index (χ1n) is 7.45. The van der Waals surface area contributed by atoms with Crippen molar-refractivity contribution in [1.82, 2.24) is 9.88 Å². The van der Waals surface area contributed by atoms with Crippen LogP contribution < -0.4 is 10.9 Å². The van der Waals surface area contributed by atoms with Crippen molar-refractivity contribution in [2.45, 2.75) is 45.2 Å². The minimum Gasteiger partial charge on any atom is -0.503 e. The van der Waals surface area contributed by atoms with E-state index >= 15 is 0 Å².